The summed E-state index contributed by atoms with van der Waals surface area (Å²) < 4.78 is 15.9. The first-order valence-electron chi connectivity index (χ1n) is 8.87. The van der Waals surface area contributed by atoms with Crippen molar-refractivity contribution in [3.63, 3.8) is 0 Å². The van der Waals surface area contributed by atoms with Crippen molar-refractivity contribution in [2.75, 3.05) is 27.4 Å². The van der Waals surface area contributed by atoms with Crippen LogP contribution >= 0.6 is 0 Å². The van der Waals surface area contributed by atoms with Gasteiger partial charge in [0, 0.05) is 24.8 Å². The first-order chi connectivity index (χ1) is 12.4. The number of carbonyl (C=O) groups is 2. The fourth-order valence-electron chi connectivity index (χ4n) is 2.83. The van der Waals surface area contributed by atoms with Gasteiger partial charge >= 0.3 is 0 Å². The van der Waals surface area contributed by atoms with Crippen LogP contribution in [0, 0.1) is 5.92 Å². The van der Waals surface area contributed by atoms with Crippen molar-refractivity contribution >= 4 is 11.8 Å². The van der Waals surface area contributed by atoms with Crippen molar-refractivity contribution in [2.24, 2.45) is 5.92 Å². The molecule has 1 aliphatic heterocycles. The van der Waals surface area contributed by atoms with Crippen LogP contribution in [0.1, 0.15) is 37.0 Å². The second-order valence-corrected chi connectivity index (χ2v) is 6.68. The molecule has 1 saturated heterocycles. The third-order valence-corrected chi connectivity index (χ3v) is 4.38. The molecular weight excluding hydrogens is 336 g/mol. The summed E-state index contributed by atoms with van der Waals surface area (Å²) in [6.07, 6.45) is 2.02. The van der Waals surface area contributed by atoms with E-state index < -0.39 is 6.04 Å². The molecule has 2 N–H and O–H groups in total. The molecule has 0 aliphatic carbocycles. The monoisotopic (exact) mass is 364 g/mol. The average Bonchev–Trinajstić information content (AvgIpc) is 3.16. The predicted molar refractivity (Wildman–Crippen MR) is 97.6 cm³/mol. The van der Waals surface area contributed by atoms with Crippen LogP contribution < -0.4 is 20.1 Å². The van der Waals surface area contributed by atoms with Gasteiger partial charge in [0.2, 0.25) is 5.91 Å². The first-order valence-corrected chi connectivity index (χ1v) is 8.87. The minimum Gasteiger partial charge on any atom is -0.497 e. The lowest BCUT2D eigenvalue weighted by Gasteiger charge is -2.23. The molecule has 0 radical (unpaired) electrons. The van der Waals surface area contributed by atoms with Crippen molar-refractivity contribution in [3.05, 3.63) is 23.8 Å². The Kier molecular flexibility index (Phi) is 7.26. The molecule has 7 nitrogen and oxygen atoms in total. The van der Waals surface area contributed by atoms with Crippen molar-refractivity contribution in [1.82, 2.24) is 10.6 Å². The van der Waals surface area contributed by atoms with Gasteiger partial charge < -0.3 is 24.8 Å². The van der Waals surface area contributed by atoms with Crippen molar-refractivity contribution in [3.8, 4) is 11.5 Å². The molecule has 0 aromatic heterocycles. The maximum absolute atomic E-state index is 12.6. The summed E-state index contributed by atoms with van der Waals surface area (Å²) in [6, 6.07) is 4.27. The highest BCUT2D eigenvalue weighted by atomic mass is 16.5. The SMILES string of the molecule is COc1cc(OC)cc(C(=O)N[C@H](C(=O)NC[C@@H]2CCCO2)C(C)C)c1. The number of hydrogen-bond donors (Lipinski definition) is 2. The third kappa shape index (κ3) is 5.36. The Balaban J connectivity index is 2.03. The van der Waals surface area contributed by atoms with Crippen LogP contribution in [0.4, 0.5) is 0 Å². The van der Waals surface area contributed by atoms with Crippen molar-refractivity contribution < 1.29 is 23.8 Å². The molecular formula is C19H28N2O5. The van der Waals surface area contributed by atoms with Gasteiger partial charge in [-0.3, -0.25) is 9.59 Å². The van der Waals surface area contributed by atoms with Gasteiger partial charge in [-0.25, -0.2) is 0 Å². The topological polar surface area (TPSA) is 85.9 Å². The number of hydrogen-bond acceptors (Lipinski definition) is 5. The number of benzene rings is 1. The van der Waals surface area contributed by atoms with Crippen LogP contribution in [0.3, 0.4) is 0 Å². The van der Waals surface area contributed by atoms with Gasteiger partial charge in [0.15, 0.2) is 0 Å². The van der Waals surface area contributed by atoms with Gasteiger partial charge in [0.05, 0.1) is 20.3 Å². The predicted octanol–water partition coefficient (Wildman–Crippen LogP) is 1.75. The average molecular weight is 364 g/mol. The largest absolute Gasteiger partial charge is 0.497 e. The van der Waals surface area contributed by atoms with E-state index in [2.05, 4.69) is 10.6 Å². The van der Waals surface area contributed by atoms with E-state index in [1.807, 2.05) is 13.8 Å². The van der Waals surface area contributed by atoms with Crippen LogP contribution in [-0.2, 0) is 9.53 Å². The fourth-order valence-corrected chi connectivity index (χ4v) is 2.83. The zero-order valence-electron chi connectivity index (χ0n) is 15.8. The van der Waals surface area contributed by atoms with E-state index in [4.69, 9.17) is 14.2 Å². The van der Waals surface area contributed by atoms with Gasteiger partial charge in [-0.05, 0) is 30.9 Å². The smallest absolute Gasteiger partial charge is 0.252 e. The van der Waals surface area contributed by atoms with E-state index in [1.54, 1.807) is 18.2 Å². The fraction of sp³-hybridized carbons (Fsp3) is 0.579. The lowest BCUT2D eigenvalue weighted by molar-refractivity contribution is -0.124. The Labute approximate surface area is 154 Å². The Morgan fingerprint density at radius 3 is 2.35 bits per heavy atom. The molecule has 0 unspecified atom stereocenters. The molecule has 0 saturated carbocycles. The maximum Gasteiger partial charge on any atom is 0.252 e. The van der Waals surface area contributed by atoms with Crippen LogP contribution in [-0.4, -0.2) is 51.3 Å². The quantitative estimate of drug-likeness (QED) is 0.734. The highest BCUT2D eigenvalue weighted by Gasteiger charge is 2.26. The Morgan fingerprint density at radius 1 is 1.19 bits per heavy atom. The Morgan fingerprint density at radius 2 is 1.85 bits per heavy atom. The van der Waals surface area contributed by atoms with Crippen LogP contribution in [0.5, 0.6) is 11.5 Å². The third-order valence-electron chi connectivity index (χ3n) is 4.38. The van der Waals surface area contributed by atoms with E-state index in [1.165, 1.54) is 14.2 Å². The van der Waals surface area contributed by atoms with Gasteiger partial charge in [-0.15, -0.1) is 0 Å². The van der Waals surface area contributed by atoms with Gasteiger partial charge in [0.25, 0.3) is 5.91 Å². The summed E-state index contributed by atoms with van der Waals surface area (Å²) in [6.45, 7) is 4.99. The second-order valence-electron chi connectivity index (χ2n) is 6.68. The number of ether oxygens (including phenoxy) is 3. The van der Waals surface area contributed by atoms with Crippen LogP contribution in [0.25, 0.3) is 0 Å². The summed E-state index contributed by atoms with van der Waals surface area (Å²) >= 11 is 0. The van der Waals surface area contributed by atoms with E-state index in [9.17, 15) is 9.59 Å². The minimum atomic E-state index is -0.638. The molecule has 1 aromatic carbocycles. The van der Waals surface area contributed by atoms with E-state index >= 15 is 0 Å². The molecule has 1 aromatic rings. The molecule has 1 heterocycles. The molecule has 144 valence electrons. The van der Waals surface area contributed by atoms with E-state index in [-0.39, 0.29) is 23.8 Å². The lowest BCUT2D eigenvalue weighted by Crippen LogP contribution is -2.50. The molecule has 2 atom stereocenters. The highest BCUT2D eigenvalue weighted by Crippen LogP contribution is 2.22. The molecule has 0 spiro atoms. The molecule has 2 amide bonds. The molecule has 1 aliphatic rings. The van der Waals surface area contributed by atoms with E-state index in [0.29, 0.717) is 23.6 Å². The Bertz CT molecular complexity index is 604. The number of carbonyl (C=O) groups excluding carboxylic acids is 2. The van der Waals surface area contributed by atoms with Crippen molar-refractivity contribution in [2.45, 2.75) is 38.8 Å². The van der Waals surface area contributed by atoms with Gasteiger partial charge in [0.1, 0.15) is 17.5 Å². The number of nitrogens with one attached hydrogen (secondary N) is 2. The summed E-state index contributed by atoms with van der Waals surface area (Å²) in [7, 11) is 3.04. The number of amides is 2. The van der Waals surface area contributed by atoms with Crippen LogP contribution in [0.15, 0.2) is 18.2 Å². The minimum absolute atomic E-state index is 0.0593. The summed E-state index contributed by atoms with van der Waals surface area (Å²) in [5.74, 6) is 0.402. The lowest BCUT2D eigenvalue weighted by atomic mass is 10.0. The maximum atomic E-state index is 12.6. The number of rotatable bonds is 8. The molecule has 1 fully saturated rings. The van der Waals surface area contributed by atoms with Gasteiger partial charge in [-0.2, -0.15) is 0 Å². The normalized spacial score (nSPS) is 17.7. The van der Waals surface area contributed by atoms with Crippen molar-refractivity contribution in [1.29, 1.82) is 0 Å². The standard InChI is InChI=1S/C19H28N2O5/c1-12(2)17(19(23)20-11-14-6-5-7-26-14)21-18(22)13-8-15(24-3)10-16(9-13)25-4/h8-10,12,14,17H,5-7,11H2,1-4H3,(H,20,23)(H,21,22)/t14-,17-/m0/s1. The highest BCUT2D eigenvalue weighted by molar-refractivity contribution is 5.98. The summed E-state index contributed by atoms with van der Waals surface area (Å²) in [4.78, 5) is 25.2. The number of methoxy groups -OCH3 is 2. The second kappa shape index (κ2) is 9.43. The first kappa shape index (κ1) is 20.0. The van der Waals surface area contributed by atoms with Crippen LogP contribution in [0.2, 0.25) is 0 Å². The molecule has 26 heavy (non-hydrogen) atoms. The molecule has 7 heteroatoms. The Hall–Kier alpha value is -2.28. The molecule has 0 bridgehead atoms. The molecule has 2 rings (SSSR count). The zero-order chi connectivity index (χ0) is 19.1. The van der Waals surface area contributed by atoms with E-state index in [0.717, 1.165) is 19.4 Å². The zero-order valence-corrected chi connectivity index (χ0v) is 15.8. The summed E-state index contributed by atoms with van der Waals surface area (Å²) in [5, 5.41) is 5.69. The summed E-state index contributed by atoms with van der Waals surface area (Å²) in [5.41, 5.74) is 0.374. The van der Waals surface area contributed by atoms with Gasteiger partial charge in [-0.1, -0.05) is 13.8 Å².